The third kappa shape index (κ3) is 4.52. The van der Waals surface area contributed by atoms with Crippen molar-refractivity contribution in [2.45, 2.75) is 32.4 Å². The fourth-order valence-corrected chi connectivity index (χ4v) is 2.64. The summed E-state index contributed by atoms with van der Waals surface area (Å²) in [6.07, 6.45) is 2.16. The van der Waals surface area contributed by atoms with Crippen molar-refractivity contribution in [3.8, 4) is 0 Å². The summed E-state index contributed by atoms with van der Waals surface area (Å²) in [4.78, 5) is 0. The third-order valence-corrected chi connectivity index (χ3v) is 4.11. The van der Waals surface area contributed by atoms with Crippen LogP contribution in [0, 0.1) is 0 Å². The Morgan fingerprint density at radius 2 is 1.60 bits per heavy atom. The van der Waals surface area contributed by atoms with Crippen molar-refractivity contribution < 1.29 is 0 Å². The monoisotopic (exact) mass is 307 g/mol. The summed E-state index contributed by atoms with van der Waals surface area (Å²) >= 11 is 12.3. The summed E-state index contributed by atoms with van der Waals surface area (Å²) in [6, 6.07) is 16.6. The van der Waals surface area contributed by atoms with Gasteiger partial charge in [0.15, 0.2) is 0 Å². The first kappa shape index (κ1) is 15.4. The second-order valence-corrected chi connectivity index (χ2v) is 5.82. The molecule has 1 atom stereocenters. The Balaban J connectivity index is 1.82. The first-order chi connectivity index (χ1) is 9.66. The Labute approximate surface area is 130 Å². The van der Waals surface area contributed by atoms with Crippen LogP contribution in [0.3, 0.4) is 0 Å². The molecule has 0 aliphatic heterocycles. The second-order valence-electron chi connectivity index (χ2n) is 5.01. The molecule has 0 saturated carbocycles. The highest BCUT2D eigenvalue weighted by molar-refractivity contribution is 6.35. The number of hydrogen-bond acceptors (Lipinski definition) is 1. The lowest BCUT2D eigenvalue weighted by Gasteiger charge is -2.15. The van der Waals surface area contributed by atoms with Gasteiger partial charge in [-0.15, -0.1) is 0 Å². The van der Waals surface area contributed by atoms with Crippen molar-refractivity contribution in [1.82, 2.24) is 5.32 Å². The van der Waals surface area contributed by atoms with Crippen LogP contribution in [0.4, 0.5) is 0 Å². The van der Waals surface area contributed by atoms with Crippen LogP contribution in [0.1, 0.15) is 24.5 Å². The van der Waals surface area contributed by atoms with Gasteiger partial charge in [-0.25, -0.2) is 0 Å². The van der Waals surface area contributed by atoms with Gasteiger partial charge >= 0.3 is 0 Å². The first-order valence-corrected chi connectivity index (χ1v) is 7.62. The Bertz CT molecular complexity index is 520. The fraction of sp³-hybridized carbons (Fsp3) is 0.294. The predicted molar refractivity (Wildman–Crippen MR) is 87.5 cm³/mol. The highest BCUT2D eigenvalue weighted by Gasteiger charge is 2.07. The van der Waals surface area contributed by atoms with E-state index in [-0.39, 0.29) is 0 Å². The Morgan fingerprint density at radius 1 is 0.950 bits per heavy atom. The summed E-state index contributed by atoms with van der Waals surface area (Å²) in [7, 11) is 0. The van der Waals surface area contributed by atoms with Crippen molar-refractivity contribution in [2.24, 2.45) is 0 Å². The van der Waals surface area contributed by atoms with Crippen molar-refractivity contribution >= 4 is 23.2 Å². The maximum Gasteiger partial charge on any atom is 0.0465 e. The van der Waals surface area contributed by atoms with Crippen LogP contribution in [-0.2, 0) is 13.0 Å². The molecule has 0 spiro atoms. The zero-order valence-electron chi connectivity index (χ0n) is 11.6. The van der Waals surface area contributed by atoms with Gasteiger partial charge in [0, 0.05) is 28.2 Å². The minimum atomic E-state index is 0.419. The third-order valence-electron chi connectivity index (χ3n) is 3.40. The van der Waals surface area contributed by atoms with Gasteiger partial charge in [-0.3, -0.25) is 0 Å². The van der Waals surface area contributed by atoms with Crippen molar-refractivity contribution in [1.29, 1.82) is 0 Å². The normalized spacial score (nSPS) is 12.3. The molecule has 2 aromatic carbocycles. The lowest BCUT2D eigenvalue weighted by atomic mass is 10.1. The van der Waals surface area contributed by atoms with E-state index in [1.165, 1.54) is 5.56 Å². The van der Waals surface area contributed by atoms with E-state index in [2.05, 4.69) is 36.5 Å². The van der Waals surface area contributed by atoms with Gasteiger partial charge in [-0.1, -0.05) is 59.6 Å². The van der Waals surface area contributed by atoms with Crippen LogP contribution < -0.4 is 5.32 Å². The van der Waals surface area contributed by atoms with Crippen molar-refractivity contribution in [3.05, 3.63) is 69.7 Å². The van der Waals surface area contributed by atoms with Gasteiger partial charge in [0.1, 0.15) is 0 Å². The lowest BCUT2D eigenvalue weighted by Crippen LogP contribution is -2.26. The summed E-state index contributed by atoms with van der Waals surface area (Å²) in [6.45, 7) is 2.89. The topological polar surface area (TPSA) is 12.0 Å². The number of rotatable bonds is 6. The fourth-order valence-electron chi connectivity index (χ4n) is 2.11. The predicted octanol–water partition coefficient (Wildman–Crippen LogP) is 5.10. The number of halogens is 2. The highest BCUT2D eigenvalue weighted by atomic mass is 35.5. The summed E-state index contributed by atoms with van der Waals surface area (Å²) in [5.74, 6) is 0. The molecule has 0 aromatic heterocycles. The largest absolute Gasteiger partial charge is 0.310 e. The number of aryl methyl sites for hydroxylation is 1. The molecule has 3 heteroatoms. The Kier molecular flexibility index (Phi) is 5.90. The van der Waals surface area contributed by atoms with E-state index in [9.17, 15) is 0 Å². The molecule has 0 aliphatic rings. The lowest BCUT2D eigenvalue weighted by molar-refractivity contribution is 0.514. The first-order valence-electron chi connectivity index (χ1n) is 6.87. The highest BCUT2D eigenvalue weighted by Crippen LogP contribution is 2.24. The van der Waals surface area contributed by atoms with Gasteiger partial charge in [-0.2, -0.15) is 0 Å². The van der Waals surface area contributed by atoms with E-state index in [4.69, 9.17) is 23.2 Å². The maximum atomic E-state index is 6.16. The molecule has 2 rings (SSSR count). The molecule has 1 nitrogen and oxygen atoms in total. The molecular weight excluding hydrogens is 289 g/mol. The standard InChI is InChI=1S/C17H19Cl2N/c1-13(10-11-14-6-3-2-4-7-14)20-12-15-16(18)8-5-9-17(15)19/h2-9,13,20H,10-12H2,1H3/t13-/m0/s1. The van der Waals surface area contributed by atoms with Crippen LogP contribution in [0.2, 0.25) is 10.0 Å². The smallest absolute Gasteiger partial charge is 0.0465 e. The molecule has 0 aliphatic carbocycles. The Morgan fingerprint density at radius 3 is 2.25 bits per heavy atom. The molecule has 0 fully saturated rings. The van der Waals surface area contributed by atoms with Gasteiger partial charge < -0.3 is 5.32 Å². The number of nitrogens with one attached hydrogen (secondary N) is 1. The van der Waals surface area contributed by atoms with E-state index < -0.39 is 0 Å². The SMILES string of the molecule is C[C@@H](CCc1ccccc1)NCc1c(Cl)cccc1Cl. The summed E-state index contributed by atoms with van der Waals surface area (Å²) in [5.41, 5.74) is 2.35. The minimum Gasteiger partial charge on any atom is -0.310 e. The second kappa shape index (κ2) is 7.68. The molecular formula is C17H19Cl2N. The van der Waals surface area contributed by atoms with E-state index in [1.54, 1.807) is 0 Å². The average Bonchev–Trinajstić information content (AvgIpc) is 2.46. The minimum absolute atomic E-state index is 0.419. The van der Waals surface area contributed by atoms with Gasteiger partial charge in [-0.05, 0) is 37.5 Å². The number of benzene rings is 2. The van der Waals surface area contributed by atoms with E-state index in [0.717, 1.165) is 28.5 Å². The molecule has 1 N–H and O–H groups in total. The quantitative estimate of drug-likeness (QED) is 0.782. The van der Waals surface area contributed by atoms with E-state index >= 15 is 0 Å². The zero-order chi connectivity index (χ0) is 14.4. The van der Waals surface area contributed by atoms with Crippen molar-refractivity contribution in [2.75, 3.05) is 0 Å². The zero-order valence-corrected chi connectivity index (χ0v) is 13.1. The van der Waals surface area contributed by atoms with Crippen LogP contribution in [-0.4, -0.2) is 6.04 Å². The molecule has 0 amide bonds. The van der Waals surface area contributed by atoms with Crippen LogP contribution in [0.15, 0.2) is 48.5 Å². The molecule has 2 aromatic rings. The van der Waals surface area contributed by atoms with Gasteiger partial charge in [0.25, 0.3) is 0 Å². The number of hydrogen-bond donors (Lipinski definition) is 1. The summed E-state index contributed by atoms with van der Waals surface area (Å²) < 4.78 is 0. The maximum absolute atomic E-state index is 6.16. The molecule has 0 heterocycles. The average molecular weight is 308 g/mol. The summed E-state index contributed by atoms with van der Waals surface area (Å²) in [5, 5.41) is 4.93. The molecule has 106 valence electrons. The van der Waals surface area contributed by atoms with Crippen molar-refractivity contribution in [3.63, 3.8) is 0 Å². The van der Waals surface area contributed by atoms with Gasteiger partial charge in [0.2, 0.25) is 0 Å². The molecule has 20 heavy (non-hydrogen) atoms. The Hall–Kier alpha value is -1.02. The molecule has 0 unspecified atom stereocenters. The molecule has 0 saturated heterocycles. The van der Waals surface area contributed by atoms with Gasteiger partial charge in [0.05, 0.1) is 0 Å². The molecule has 0 bridgehead atoms. The molecule has 0 radical (unpaired) electrons. The van der Waals surface area contributed by atoms with E-state index in [1.807, 2.05) is 24.3 Å². The van der Waals surface area contributed by atoms with Crippen LogP contribution in [0.5, 0.6) is 0 Å². The van der Waals surface area contributed by atoms with E-state index in [0.29, 0.717) is 12.6 Å². The van der Waals surface area contributed by atoms with Crippen LogP contribution in [0.25, 0.3) is 0 Å². The van der Waals surface area contributed by atoms with Crippen LogP contribution >= 0.6 is 23.2 Å².